The molecule has 0 aliphatic carbocycles. The molecule has 0 fully saturated rings. The number of thiocarbonyl (C=S) groups is 3. The third-order valence-corrected chi connectivity index (χ3v) is 2.26. The molecule has 26 heavy (non-hydrogen) atoms. The van der Waals surface area contributed by atoms with Gasteiger partial charge in [0, 0.05) is 23.6 Å². The second-order valence-electron chi connectivity index (χ2n) is 4.01. The first kappa shape index (κ1) is 29.1. The van der Waals surface area contributed by atoms with Gasteiger partial charge in [-0.1, -0.05) is 12.6 Å². The van der Waals surface area contributed by atoms with Gasteiger partial charge in [0.1, 0.15) is 0 Å². The van der Waals surface area contributed by atoms with E-state index in [4.69, 9.17) is 25.5 Å². The fourth-order valence-electron chi connectivity index (χ4n) is 0.993. The van der Waals surface area contributed by atoms with E-state index in [-0.39, 0.29) is 30.1 Å². The van der Waals surface area contributed by atoms with E-state index in [1.807, 2.05) is 4.31 Å². The van der Waals surface area contributed by atoms with Gasteiger partial charge in [-0.15, -0.1) is 0 Å². The van der Waals surface area contributed by atoms with Gasteiger partial charge in [0.2, 0.25) is 4.38 Å². The SMILES string of the molecule is O=C(O)CCC(O)C(=O)O.O=C(O)CCC(OC(=S)S)C(=O)O.S=C=S. The number of aliphatic hydroxyl groups is 1. The Hall–Kier alpha value is -1.70. The monoisotopic (exact) mass is 448 g/mol. The van der Waals surface area contributed by atoms with E-state index >= 15 is 0 Å². The number of carboxylic acid groups (broad SMARTS) is 4. The zero-order chi connectivity index (χ0) is 21.3. The summed E-state index contributed by atoms with van der Waals surface area (Å²) in [5.74, 6) is -4.83. The zero-order valence-electron chi connectivity index (χ0n) is 12.9. The number of aliphatic carboxylic acids is 4. The minimum atomic E-state index is -1.56. The van der Waals surface area contributed by atoms with E-state index in [1.54, 1.807) is 0 Å². The van der Waals surface area contributed by atoms with Crippen LogP contribution in [-0.2, 0) is 23.9 Å². The first-order valence-corrected chi connectivity index (χ1v) is 8.02. The number of hydrogen-bond acceptors (Lipinski definition) is 9. The Morgan fingerprint density at radius 1 is 0.923 bits per heavy atom. The molecule has 0 amide bonds. The molecule has 0 saturated heterocycles. The van der Waals surface area contributed by atoms with Crippen molar-refractivity contribution in [2.75, 3.05) is 0 Å². The van der Waals surface area contributed by atoms with E-state index in [9.17, 15) is 19.2 Å². The standard InChI is InChI=1S/C6H8O5S2.C5H8O5.CS2/c7-4(8)2-1-3(5(9)10)11-6(12)13;6-3(5(9)10)1-2-4(7)8;2-1-3/h3H,1-2H2,(H,7,8)(H,9,10)(H,12,13);3,6H,1-2H2,(H,7,8)(H,9,10);. The molecular weight excluding hydrogens is 432 g/mol. The zero-order valence-corrected chi connectivity index (χ0v) is 16.3. The van der Waals surface area contributed by atoms with Gasteiger partial charge in [0.05, 0.1) is 0 Å². The van der Waals surface area contributed by atoms with Crippen LogP contribution in [0.3, 0.4) is 0 Å². The molecule has 0 bridgehead atoms. The third-order valence-electron chi connectivity index (χ3n) is 2.06. The Kier molecular flexibility index (Phi) is 20.2. The number of rotatable bonds is 9. The number of carboxylic acids is 4. The minimum Gasteiger partial charge on any atom is -0.481 e. The Bertz CT molecular complexity index is 530. The highest BCUT2D eigenvalue weighted by molar-refractivity contribution is 8.10. The van der Waals surface area contributed by atoms with Crippen LogP contribution >= 0.6 is 49.3 Å². The molecule has 0 aliphatic heterocycles. The van der Waals surface area contributed by atoms with Gasteiger partial charge in [0.25, 0.3) is 0 Å². The second kappa shape index (κ2) is 18.1. The average molecular weight is 449 g/mol. The quantitative estimate of drug-likeness (QED) is 0.216. The van der Waals surface area contributed by atoms with Crippen LogP contribution in [0, 0.1) is 0 Å². The Morgan fingerprint density at radius 2 is 1.31 bits per heavy atom. The number of aliphatic hydroxyl groups excluding tert-OH is 1. The lowest BCUT2D eigenvalue weighted by molar-refractivity contribution is -0.148. The number of thiol groups is 1. The van der Waals surface area contributed by atoms with Gasteiger partial charge in [0.15, 0.2) is 12.2 Å². The largest absolute Gasteiger partial charge is 0.481 e. The molecule has 0 aromatic rings. The second-order valence-corrected chi connectivity index (χ2v) is 5.76. The summed E-state index contributed by atoms with van der Waals surface area (Å²) in [5, 5.41) is 41.4. The van der Waals surface area contributed by atoms with E-state index in [0.717, 1.165) is 0 Å². The van der Waals surface area contributed by atoms with E-state index < -0.39 is 36.1 Å². The molecule has 148 valence electrons. The van der Waals surface area contributed by atoms with Gasteiger partial charge < -0.3 is 30.3 Å². The highest BCUT2D eigenvalue weighted by Crippen LogP contribution is 2.05. The van der Waals surface area contributed by atoms with Crippen molar-refractivity contribution in [1.29, 1.82) is 0 Å². The molecule has 14 heteroatoms. The number of carbonyl (C=O) groups is 4. The summed E-state index contributed by atoms with van der Waals surface area (Å²) < 4.78 is 6.30. The van der Waals surface area contributed by atoms with Gasteiger partial charge in [-0.05, 0) is 43.1 Å². The summed E-state index contributed by atoms with van der Waals surface area (Å²) in [5.41, 5.74) is 0. The summed E-state index contributed by atoms with van der Waals surface area (Å²) in [4.78, 5) is 40.2. The highest BCUT2D eigenvalue weighted by Gasteiger charge is 2.20. The van der Waals surface area contributed by atoms with Crippen molar-refractivity contribution in [3.05, 3.63) is 0 Å². The fourth-order valence-corrected chi connectivity index (χ4v) is 1.24. The normalized spacial score (nSPS) is 11.0. The van der Waals surface area contributed by atoms with Crippen molar-refractivity contribution in [3.63, 3.8) is 0 Å². The summed E-state index contributed by atoms with van der Waals surface area (Å²) in [7, 11) is 0. The summed E-state index contributed by atoms with van der Waals surface area (Å²) >= 11 is 15.9. The summed E-state index contributed by atoms with van der Waals surface area (Å²) in [6.07, 6.45) is -3.78. The number of ether oxygens (including phenoxy) is 1. The Labute approximate surface area is 169 Å². The maximum Gasteiger partial charge on any atom is 0.344 e. The summed E-state index contributed by atoms with van der Waals surface area (Å²) in [6, 6.07) is 0. The highest BCUT2D eigenvalue weighted by atomic mass is 32.1. The van der Waals surface area contributed by atoms with Crippen LogP contribution in [-0.4, -0.2) is 70.3 Å². The van der Waals surface area contributed by atoms with Gasteiger partial charge in [-0.2, -0.15) is 0 Å². The minimum absolute atomic E-state index is 0.134. The average Bonchev–Trinajstić information content (AvgIpc) is 2.49. The van der Waals surface area contributed by atoms with Crippen molar-refractivity contribution in [1.82, 2.24) is 0 Å². The van der Waals surface area contributed by atoms with Crippen molar-refractivity contribution < 1.29 is 49.4 Å². The van der Waals surface area contributed by atoms with Gasteiger partial charge in [-0.25, -0.2) is 9.59 Å². The van der Waals surface area contributed by atoms with Crippen LogP contribution in [0.2, 0.25) is 0 Å². The Balaban J connectivity index is -0.000000362. The molecule has 5 N–H and O–H groups in total. The van der Waals surface area contributed by atoms with Crippen LogP contribution in [0.1, 0.15) is 25.7 Å². The predicted octanol–water partition coefficient (Wildman–Crippen LogP) is 0.851. The molecule has 0 aromatic carbocycles. The molecular formula is C12H16O10S4. The van der Waals surface area contributed by atoms with Crippen LogP contribution in [0.15, 0.2) is 0 Å². The van der Waals surface area contributed by atoms with Crippen LogP contribution in [0.5, 0.6) is 0 Å². The Morgan fingerprint density at radius 3 is 1.58 bits per heavy atom. The van der Waals surface area contributed by atoms with Crippen molar-refractivity contribution in [2.24, 2.45) is 0 Å². The molecule has 0 spiro atoms. The van der Waals surface area contributed by atoms with Crippen molar-refractivity contribution >= 4 is 81.9 Å². The molecule has 0 aliphatic rings. The van der Waals surface area contributed by atoms with Crippen molar-refractivity contribution in [2.45, 2.75) is 37.9 Å². The topological polar surface area (TPSA) is 179 Å². The van der Waals surface area contributed by atoms with Crippen LogP contribution in [0.4, 0.5) is 0 Å². The molecule has 0 rings (SSSR count). The predicted molar refractivity (Wildman–Crippen MR) is 102 cm³/mol. The van der Waals surface area contributed by atoms with E-state index in [0.29, 0.717) is 0 Å². The third kappa shape index (κ3) is 24.6. The van der Waals surface area contributed by atoms with Crippen molar-refractivity contribution in [3.8, 4) is 0 Å². The van der Waals surface area contributed by atoms with Crippen LogP contribution in [0.25, 0.3) is 0 Å². The lowest BCUT2D eigenvalue weighted by Gasteiger charge is -2.11. The molecule has 0 heterocycles. The lowest BCUT2D eigenvalue weighted by atomic mass is 10.2. The van der Waals surface area contributed by atoms with E-state index in [1.165, 1.54) is 0 Å². The lowest BCUT2D eigenvalue weighted by Crippen LogP contribution is -2.25. The smallest absolute Gasteiger partial charge is 0.344 e. The van der Waals surface area contributed by atoms with Gasteiger partial charge in [-0.3, -0.25) is 9.59 Å². The fraction of sp³-hybridized carbons (Fsp3) is 0.500. The molecule has 10 nitrogen and oxygen atoms in total. The first-order valence-electron chi connectivity index (χ1n) is 6.35. The molecule has 0 aromatic heterocycles. The molecule has 0 saturated carbocycles. The molecule has 0 radical (unpaired) electrons. The maximum atomic E-state index is 10.4. The van der Waals surface area contributed by atoms with Crippen LogP contribution < -0.4 is 0 Å². The maximum absolute atomic E-state index is 10.4. The molecule has 2 atom stereocenters. The number of hydrogen-bond donors (Lipinski definition) is 6. The molecule has 2 unspecified atom stereocenters. The van der Waals surface area contributed by atoms with Gasteiger partial charge >= 0.3 is 23.9 Å². The van der Waals surface area contributed by atoms with E-state index in [2.05, 4.69) is 54.0 Å². The summed E-state index contributed by atoms with van der Waals surface area (Å²) in [6.45, 7) is 0. The first-order chi connectivity index (χ1) is 11.9.